The van der Waals surface area contributed by atoms with Gasteiger partial charge in [-0.15, -0.1) is 0 Å². The first-order valence-electron chi connectivity index (χ1n) is 26.2. The summed E-state index contributed by atoms with van der Waals surface area (Å²) in [6.07, 6.45) is 14.8. The smallest absolute Gasteiger partial charge is 0.280 e. The average molecular weight is 1050 g/mol. The van der Waals surface area contributed by atoms with Crippen molar-refractivity contribution in [3.8, 4) is 5.75 Å². The Kier molecular flexibility index (Phi) is 33.8. The number of nitrogen functional groups attached to an aromatic ring is 2. The zero-order valence-electron chi connectivity index (χ0n) is 43.1. The molecule has 0 saturated carbocycles. The Bertz CT molecular complexity index is 1880. The van der Waals surface area contributed by atoms with Gasteiger partial charge in [0.15, 0.2) is 28.4 Å². The Morgan fingerprint density at radius 2 is 1.12 bits per heavy atom. The van der Waals surface area contributed by atoms with Gasteiger partial charge in [-0.05, 0) is 127 Å². The van der Waals surface area contributed by atoms with Crippen molar-refractivity contribution < 1.29 is 28.7 Å². The minimum Gasteiger partial charge on any atom is -0.492 e. The van der Waals surface area contributed by atoms with E-state index >= 15 is 0 Å². The number of hydrogen-bond acceptors (Lipinski definition) is 18. The van der Waals surface area contributed by atoms with Crippen LogP contribution in [0.3, 0.4) is 0 Å². The molecule has 0 spiro atoms. The molecule has 22 nitrogen and oxygen atoms in total. The molecule has 1 heterocycles. The number of nitrogens with zero attached hydrogens (tertiary/aromatic N) is 4. The molecule has 23 heteroatoms. The van der Waals surface area contributed by atoms with Gasteiger partial charge in [0.2, 0.25) is 11.8 Å². The van der Waals surface area contributed by atoms with Crippen LogP contribution in [0.25, 0.3) is 0 Å². The van der Waals surface area contributed by atoms with Crippen LogP contribution in [-0.4, -0.2) is 133 Å². The molecule has 0 unspecified atom stereocenters. The average Bonchev–Trinajstić information content (AvgIpc) is 3.36. The number of anilines is 2. The van der Waals surface area contributed by atoms with E-state index in [-0.39, 0.29) is 51.8 Å². The number of rotatable bonds is 42. The van der Waals surface area contributed by atoms with Gasteiger partial charge in [-0.1, -0.05) is 62.3 Å². The monoisotopic (exact) mass is 1040 g/mol. The maximum absolute atomic E-state index is 12.8. The van der Waals surface area contributed by atoms with Crippen molar-refractivity contribution in [2.75, 3.05) is 70.4 Å². The summed E-state index contributed by atoms with van der Waals surface area (Å²) < 4.78 is 6.13. The predicted octanol–water partition coefficient (Wildman–Crippen LogP) is 1.66. The minimum absolute atomic E-state index is 0.0668. The van der Waals surface area contributed by atoms with Crippen molar-refractivity contribution in [1.82, 2.24) is 30.8 Å². The van der Waals surface area contributed by atoms with E-state index in [2.05, 4.69) is 35.8 Å². The van der Waals surface area contributed by atoms with Crippen molar-refractivity contribution >= 4 is 58.5 Å². The highest BCUT2D eigenvalue weighted by Crippen LogP contribution is 2.18. The number of nitrogens with two attached hydrogens (primary N) is 9. The Hall–Kier alpha value is -5.07. The van der Waals surface area contributed by atoms with Crippen LogP contribution < -0.4 is 72.3 Å². The second-order valence-electron chi connectivity index (χ2n) is 18.6. The number of ether oxygens (including phenoxy) is 1. The summed E-state index contributed by atoms with van der Waals surface area (Å²) in [4.78, 5) is 76.8. The van der Waals surface area contributed by atoms with Crippen LogP contribution in [0.1, 0.15) is 144 Å². The third-order valence-electron chi connectivity index (χ3n) is 12.3. The number of aromatic nitrogens is 2. The quantitative estimate of drug-likeness (QED) is 0.0255. The summed E-state index contributed by atoms with van der Waals surface area (Å²) in [6.45, 7) is 4.87. The highest BCUT2D eigenvalue weighted by molar-refractivity contribution is 6.31. The first-order chi connectivity index (χ1) is 35.1. The largest absolute Gasteiger partial charge is 0.492 e. The molecule has 0 radical (unpaired) electrons. The lowest BCUT2D eigenvalue weighted by molar-refractivity contribution is -0.123. The van der Waals surface area contributed by atoms with E-state index in [4.69, 9.17) is 67.9 Å². The lowest BCUT2D eigenvalue weighted by Crippen LogP contribution is -2.42. The molecule has 0 aliphatic carbocycles. The Labute approximate surface area is 437 Å². The third-order valence-corrected chi connectivity index (χ3v) is 12.6. The van der Waals surface area contributed by atoms with E-state index in [9.17, 15) is 24.0 Å². The maximum atomic E-state index is 12.8. The molecule has 0 aliphatic heterocycles. The zero-order valence-corrected chi connectivity index (χ0v) is 43.9. The minimum atomic E-state index is -0.697. The Balaban J connectivity index is 1.80. The number of carbonyl (C=O) groups excluding carboxylic acids is 5. The number of guanidine groups is 1. The fourth-order valence-corrected chi connectivity index (χ4v) is 7.91. The summed E-state index contributed by atoms with van der Waals surface area (Å²) in [5.41, 5.74) is 53.6. The lowest BCUT2D eigenvalue weighted by atomic mass is 10.0. The SMILES string of the molecule is NCCCC[C@H](N)C(=O)CCCCC[C@H](N)C(=O)NCCCN(CCCNC(=O)[C@@H](N)CCCCCC(=O)[C@@H](N)CCCCN)CCOc1ccc(CCCCN=C(N)NC(=O)c2nc(Cl)c(N)nc2N)cc1. The number of amides is 3. The molecule has 2 rings (SSSR count). The van der Waals surface area contributed by atoms with E-state index < -0.39 is 30.1 Å². The first kappa shape index (κ1) is 64.0. The molecule has 2 aromatic rings. The highest BCUT2D eigenvalue weighted by Gasteiger charge is 2.19. The standard InChI is InChI=1S/C50H89ClN16O6/c51-44-46(59)65-45(58)43(64-44)49(72)66-50(60)63-28-12-9-15-35-22-24-36(25-23-35)73-34-33-67(31-13-29-61-47(70)39(56)18-3-1-5-20-41(68)37(54)16-7-10-26-52)32-14-30-62-48(71)40(57)19-4-2-6-21-42(69)38(55)17-8-11-27-53/h22-25,37-40H,1-21,26-34,52-57H2,(H,61,70)(H,62,71)(H4,58,59,65)(H3,60,63,66,72)/t37-,38-,39-,40-/m0/s1. The molecule has 21 N–H and O–H groups in total. The number of carbonyl (C=O) groups is 5. The molecule has 1 aromatic carbocycles. The fraction of sp³-hybridized carbons (Fsp3) is 0.680. The molecule has 0 saturated heterocycles. The molecule has 1 aromatic heterocycles. The molecule has 73 heavy (non-hydrogen) atoms. The van der Waals surface area contributed by atoms with Crippen LogP contribution >= 0.6 is 11.6 Å². The molecule has 3 amide bonds. The van der Waals surface area contributed by atoms with Crippen molar-refractivity contribution in [3.63, 3.8) is 0 Å². The number of hydrogen-bond donors (Lipinski definition) is 12. The van der Waals surface area contributed by atoms with Crippen molar-refractivity contribution in [3.05, 3.63) is 40.7 Å². The van der Waals surface area contributed by atoms with Crippen molar-refractivity contribution in [2.24, 2.45) is 45.1 Å². The Morgan fingerprint density at radius 1 is 0.616 bits per heavy atom. The third kappa shape index (κ3) is 28.8. The van der Waals surface area contributed by atoms with Crippen LogP contribution in [0.2, 0.25) is 5.15 Å². The summed E-state index contributed by atoms with van der Waals surface area (Å²) in [5, 5.41) is 8.21. The van der Waals surface area contributed by atoms with Gasteiger partial charge >= 0.3 is 0 Å². The van der Waals surface area contributed by atoms with Gasteiger partial charge in [0.05, 0.1) is 24.2 Å². The topological polar surface area (TPSA) is 406 Å². The zero-order chi connectivity index (χ0) is 53.8. The number of halogens is 1. The van der Waals surface area contributed by atoms with E-state index in [1.807, 2.05) is 24.3 Å². The van der Waals surface area contributed by atoms with Crippen molar-refractivity contribution in [1.29, 1.82) is 0 Å². The van der Waals surface area contributed by atoms with Gasteiger partial charge in [-0.3, -0.25) is 39.2 Å². The van der Waals surface area contributed by atoms with E-state index in [0.717, 1.165) is 81.9 Å². The first-order valence-corrected chi connectivity index (χ1v) is 26.6. The summed E-state index contributed by atoms with van der Waals surface area (Å²) in [6, 6.07) is 5.75. The molecule has 4 atom stereocenters. The molecule has 412 valence electrons. The van der Waals surface area contributed by atoms with Crippen molar-refractivity contribution in [2.45, 2.75) is 159 Å². The van der Waals surface area contributed by atoms with E-state index in [1.54, 1.807) is 0 Å². The van der Waals surface area contributed by atoms with E-state index in [0.29, 0.717) is 123 Å². The number of benzene rings is 1. The van der Waals surface area contributed by atoms with Gasteiger partial charge in [0.1, 0.15) is 23.9 Å². The van der Waals surface area contributed by atoms with Gasteiger partial charge in [0, 0.05) is 39.0 Å². The number of aliphatic imine (C=N–C) groups is 1. The second-order valence-corrected chi connectivity index (χ2v) is 18.9. The van der Waals surface area contributed by atoms with E-state index in [1.165, 1.54) is 0 Å². The maximum Gasteiger partial charge on any atom is 0.280 e. The molecular formula is C50H89ClN16O6. The summed E-state index contributed by atoms with van der Waals surface area (Å²) in [7, 11) is 0. The van der Waals surface area contributed by atoms with Gasteiger partial charge < -0.3 is 67.0 Å². The van der Waals surface area contributed by atoms with Crippen LogP contribution in [0.15, 0.2) is 29.3 Å². The number of ketones is 2. The number of nitrogens with one attached hydrogen (secondary N) is 3. The number of unbranched alkanes of at least 4 members (excludes halogenated alkanes) is 7. The highest BCUT2D eigenvalue weighted by atomic mass is 35.5. The molecule has 0 fully saturated rings. The molecule has 0 aliphatic rings. The second kappa shape index (κ2) is 38.5. The lowest BCUT2D eigenvalue weighted by Gasteiger charge is -2.23. The normalized spacial score (nSPS) is 13.3. The van der Waals surface area contributed by atoms with Gasteiger partial charge in [-0.2, -0.15) is 0 Å². The van der Waals surface area contributed by atoms with Crippen LogP contribution in [0.5, 0.6) is 5.75 Å². The van der Waals surface area contributed by atoms with Crippen LogP contribution in [0.4, 0.5) is 11.6 Å². The van der Waals surface area contributed by atoms with Crippen LogP contribution in [0, 0.1) is 0 Å². The Morgan fingerprint density at radius 3 is 1.64 bits per heavy atom. The fourth-order valence-electron chi connectivity index (χ4n) is 7.79. The molecular weight excluding hydrogens is 956 g/mol. The van der Waals surface area contributed by atoms with Crippen LogP contribution in [-0.2, 0) is 25.6 Å². The van der Waals surface area contributed by atoms with Gasteiger partial charge in [0.25, 0.3) is 5.91 Å². The predicted molar refractivity (Wildman–Crippen MR) is 290 cm³/mol. The molecule has 0 bridgehead atoms. The number of aryl methyl sites for hydroxylation is 1. The summed E-state index contributed by atoms with van der Waals surface area (Å²) >= 11 is 5.86. The van der Waals surface area contributed by atoms with Gasteiger partial charge in [-0.25, -0.2) is 9.97 Å². The number of Topliss-reactive ketones (excluding diaryl/α,β-unsaturated/α-hetero) is 2. The summed E-state index contributed by atoms with van der Waals surface area (Å²) in [5.74, 6) is -0.585.